The summed E-state index contributed by atoms with van der Waals surface area (Å²) in [5.41, 5.74) is 1.22. The summed E-state index contributed by atoms with van der Waals surface area (Å²) in [6.07, 6.45) is 6.06. The third-order valence-electron chi connectivity index (χ3n) is 3.62. The highest BCUT2D eigenvalue weighted by Gasteiger charge is 2.21. The number of thiophene rings is 1. The Hall–Kier alpha value is -1.58. The number of hydrogen-bond donors (Lipinski definition) is 0. The number of allylic oxidation sites excluding steroid dienone is 1. The molecule has 0 bridgehead atoms. The number of nitrogens with zero attached hydrogens (tertiary/aromatic N) is 3. The summed E-state index contributed by atoms with van der Waals surface area (Å²) in [6, 6.07) is 2.09. The standard InChI is InChI=1S/C15H15N3OS2/c1-2-8-18-14(19)12-10-5-3-4-6-11(10)21-13(12)17-15(18)20-9-7-16/h2H,1,3-6,8-9H2. The van der Waals surface area contributed by atoms with Crippen molar-refractivity contribution in [3.05, 3.63) is 33.4 Å². The molecule has 2 aromatic heterocycles. The number of aromatic nitrogens is 2. The van der Waals surface area contributed by atoms with Gasteiger partial charge in [-0.25, -0.2) is 4.98 Å². The summed E-state index contributed by atoms with van der Waals surface area (Å²) < 4.78 is 1.64. The van der Waals surface area contributed by atoms with Gasteiger partial charge in [0.25, 0.3) is 5.56 Å². The summed E-state index contributed by atoms with van der Waals surface area (Å²) in [6.45, 7) is 4.15. The molecular weight excluding hydrogens is 302 g/mol. The third-order valence-corrected chi connectivity index (χ3v) is 5.65. The van der Waals surface area contributed by atoms with Crippen LogP contribution in [0.4, 0.5) is 0 Å². The fraction of sp³-hybridized carbons (Fsp3) is 0.400. The van der Waals surface area contributed by atoms with Gasteiger partial charge in [0, 0.05) is 11.4 Å². The minimum atomic E-state index is 0.0136. The van der Waals surface area contributed by atoms with Gasteiger partial charge < -0.3 is 0 Å². The smallest absolute Gasteiger partial charge is 0.263 e. The number of thioether (sulfide) groups is 1. The lowest BCUT2D eigenvalue weighted by atomic mass is 9.97. The molecule has 2 aromatic rings. The van der Waals surface area contributed by atoms with E-state index in [9.17, 15) is 4.79 Å². The first-order valence-electron chi connectivity index (χ1n) is 6.92. The first-order valence-corrected chi connectivity index (χ1v) is 8.72. The maximum atomic E-state index is 12.8. The summed E-state index contributed by atoms with van der Waals surface area (Å²) >= 11 is 2.95. The van der Waals surface area contributed by atoms with Crippen molar-refractivity contribution in [1.29, 1.82) is 5.26 Å². The van der Waals surface area contributed by atoms with Gasteiger partial charge in [-0.05, 0) is 31.2 Å². The Bertz CT molecular complexity index is 798. The molecular formula is C15H15N3OS2. The van der Waals surface area contributed by atoms with Crippen LogP contribution >= 0.6 is 23.1 Å². The Morgan fingerprint density at radius 3 is 3.05 bits per heavy atom. The number of nitriles is 1. The maximum absolute atomic E-state index is 12.8. The van der Waals surface area contributed by atoms with E-state index in [1.807, 2.05) is 0 Å². The average molecular weight is 317 g/mol. The molecule has 3 rings (SSSR count). The zero-order chi connectivity index (χ0) is 14.8. The van der Waals surface area contributed by atoms with Crippen molar-refractivity contribution < 1.29 is 0 Å². The van der Waals surface area contributed by atoms with Gasteiger partial charge in [0.1, 0.15) is 4.83 Å². The largest absolute Gasteiger partial charge is 0.283 e. The molecule has 0 spiro atoms. The molecule has 1 aliphatic rings. The van der Waals surface area contributed by atoms with E-state index in [1.54, 1.807) is 22.0 Å². The Labute approximate surface area is 131 Å². The molecule has 0 N–H and O–H groups in total. The predicted octanol–water partition coefficient (Wildman–Crippen LogP) is 3.14. The summed E-state index contributed by atoms with van der Waals surface area (Å²) in [4.78, 5) is 19.6. The van der Waals surface area contributed by atoms with Gasteiger partial charge in [-0.1, -0.05) is 17.8 Å². The highest BCUT2D eigenvalue weighted by atomic mass is 32.2. The minimum Gasteiger partial charge on any atom is -0.283 e. The van der Waals surface area contributed by atoms with Crippen LogP contribution in [0.3, 0.4) is 0 Å². The minimum absolute atomic E-state index is 0.0136. The summed E-state index contributed by atoms with van der Waals surface area (Å²) in [5, 5.41) is 10.2. The number of rotatable bonds is 4. The molecule has 6 heteroatoms. The van der Waals surface area contributed by atoms with E-state index in [2.05, 4.69) is 17.6 Å². The molecule has 21 heavy (non-hydrogen) atoms. The normalized spacial score (nSPS) is 13.9. The molecule has 1 aliphatic carbocycles. The van der Waals surface area contributed by atoms with E-state index in [0.29, 0.717) is 17.5 Å². The van der Waals surface area contributed by atoms with Gasteiger partial charge in [-0.15, -0.1) is 17.9 Å². The molecule has 2 heterocycles. The van der Waals surface area contributed by atoms with Gasteiger partial charge in [-0.3, -0.25) is 9.36 Å². The quantitative estimate of drug-likeness (QED) is 0.494. The number of fused-ring (bicyclic) bond motifs is 3. The van der Waals surface area contributed by atoms with Crippen LogP contribution < -0.4 is 5.56 Å². The van der Waals surface area contributed by atoms with Gasteiger partial charge in [0.15, 0.2) is 5.16 Å². The summed E-state index contributed by atoms with van der Waals surface area (Å²) in [5.74, 6) is 0.292. The van der Waals surface area contributed by atoms with Crippen LogP contribution in [-0.4, -0.2) is 15.3 Å². The van der Waals surface area contributed by atoms with Crippen LogP contribution in [0.25, 0.3) is 10.2 Å². The zero-order valence-corrected chi connectivity index (χ0v) is 13.2. The van der Waals surface area contributed by atoms with Crippen LogP contribution in [0.15, 0.2) is 22.6 Å². The van der Waals surface area contributed by atoms with Gasteiger partial charge >= 0.3 is 0 Å². The Morgan fingerprint density at radius 1 is 1.48 bits per heavy atom. The van der Waals surface area contributed by atoms with Crippen molar-refractivity contribution in [2.24, 2.45) is 0 Å². The maximum Gasteiger partial charge on any atom is 0.263 e. The molecule has 0 aliphatic heterocycles. The van der Waals surface area contributed by atoms with E-state index in [4.69, 9.17) is 5.26 Å². The second-order valence-corrected chi connectivity index (χ2v) is 6.96. The molecule has 0 radical (unpaired) electrons. The molecule has 108 valence electrons. The van der Waals surface area contributed by atoms with Gasteiger partial charge in [0.05, 0.1) is 17.2 Å². The molecule has 4 nitrogen and oxygen atoms in total. The van der Waals surface area contributed by atoms with Crippen molar-refractivity contribution in [2.45, 2.75) is 37.4 Å². The lowest BCUT2D eigenvalue weighted by Gasteiger charge is -2.11. The second kappa shape index (κ2) is 6.04. The van der Waals surface area contributed by atoms with E-state index in [1.165, 1.54) is 28.6 Å². The molecule has 0 amide bonds. The SMILES string of the molecule is C=CCn1c(SCC#N)nc2sc3c(c2c1=O)CCCC3. The highest BCUT2D eigenvalue weighted by Crippen LogP contribution is 2.34. The van der Waals surface area contributed by atoms with Crippen molar-refractivity contribution in [3.63, 3.8) is 0 Å². The Kier molecular flexibility index (Phi) is 4.13. The van der Waals surface area contributed by atoms with Crippen LogP contribution in [0, 0.1) is 11.3 Å². The topological polar surface area (TPSA) is 58.7 Å². The van der Waals surface area contributed by atoms with E-state index in [-0.39, 0.29) is 5.56 Å². The van der Waals surface area contributed by atoms with Crippen molar-refractivity contribution >= 4 is 33.3 Å². The Morgan fingerprint density at radius 2 is 2.29 bits per heavy atom. The van der Waals surface area contributed by atoms with E-state index >= 15 is 0 Å². The highest BCUT2D eigenvalue weighted by molar-refractivity contribution is 7.99. The molecule has 0 unspecified atom stereocenters. The van der Waals surface area contributed by atoms with Crippen LogP contribution in [-0.2, 0) is 19.4 Å². The fourth-order valence-electron chi connectivity index (χ4n) is 2.72. The van der Waals surface area contributed by atoms with E-state index in [0.717, 1.165) is 29.5 Å². The number of hydrogen-bond acceptors (Lipinski definition) is 5. The number of aryl methyl sites for hydroxylation is 2. The van der Waals surface area contributed by atoms with Gasteiger partial charge in [-0.2, -0.15) is 5.26 Å². The Balaban J connectivity index is 2.24. The van der Waals surface area contributed by atoms with Crippen LogP contribution in [0.5, 0.6) is 0 Å². The van der Waals surface area contributed by atoms with E-state index < -0.39 is 0 Å². The predicted molar refractivity (Wildman–Crippen MR) is 87.1 cm³/mol. The van der Waals surface area contributed by atoms with Crippen molar-refractivity contribution in [3.8, 4) is 6.07 Å². The molecule has 0 saturated heterocycles. The second-order valence-electron chi connectivity index (χ2n) is 4.94. The summed E-state index contributed by atoms with van der Waals surface area (Å²) in [7, 11) is 0. The first kappa shape index (κ1) is 14.4. The van der Waals surface area contributed by atoms with Crippen molar-refractivity contribution in [1.82, 2.24) is 9.55 Å². The monoisotopic (exact) mass is 317 g/mol. The first-order chi connectivity index (χ1) is 10.3. The molecule has 0 atom stereocenters. The lowest BCUT2D eigenvalue weighted by molar-refractivity contribution is 0.668. The average Bonchev–Trinajstić information content (AvgIpc) is 2.86. The molecule has 0 aromatic carbocycles. The lowest BCUT2D eigenvalue weighted by Crippen LogP contribution is -2.23. The fourth-order valence-corrected chi connectivity index (χ4v) is 4.69. The molecule has 0 saturated carbocycles. The third kappa shape index (κ3) is 2.52. The molecule has 0 fully saturated rings. The van der Waals surface area contributed by atoms with Crippen LogP contribution in [0.1, 0.15) is 23.3 Å². The zero-order valence-electron chi connectivity index (χ0n) is 11.6. The van der Waals surface area contributed by atoms with Gasteiger partial charge in [0.2, 0.25) is 0 Å². The van der Waals surface area contributed by atoms with Crippen LogP contribution in [0.2, 0.25) is 0 Å². The van der Waals surface area contributed by atoms with Crippen molar-refractivity contribution in [2.75, 3.05) is 5.75 Å².